The SMILES string of the molecule is COC(=O)N(C)c1nn(C)c2nc(Cl)ccc12. The molecule has 1 amide bonds. The number of carbonyl (C=O) groups excluding carboxylic acids is 1. The van der Waals surface area contributed by atoms with Crippen LogP contribution < -0.4 is 4.90 Å². The Morgan fingerprint density at radius 1 is 1.53 bits per heavy atom. The summed E-state index contributed by atoms with van der Waals surface area (Å²) in [5, 5.41) is 5.34. The first-order valence-electron chi connectivity index (χ1n) is 4.85. The van der Waals surface area contributed by atoms with Gasteiger partial charge in [0.05, 0.1) is 12.5 Å². The van der Waals surface area contributed by atoms with Gasteiger partial charge in [0.25, 0.3) is 0 Å². The number of halogens is 1. The molecule has 0 unspecified atom stereocenters. The van der Waals surface area contributed by atoms with Crippen LogP contribution in [0.25, 0.3) is 11.0 Å². The van der Waals surface area contributed by atoms with Gasteiger partial charge in [-0.05, 0) is 12.1 Å². The van der Waals surface area contributed by atoms with Crippen molar-refractivity contribution in [1.29, 1.82) is 0 Å². The van der Waals surface area contributed by atoms with Gasteiger partial charge in [0.15, 0.2) is 11.5 Å². The van der Waals surface area contributed by atoms with Gasteiger partial charge in [0.1, 0.15) is 5.15 Å². The van der Waals surface area contributed by atoms with E-state index in [1.165, 1.54) is 12.0 Å². The molecule has 2 heterocycles. The van der Waals surface area contributed by atoms with Crippen LogP contribution in [0.1, 0.15) is 0 Å². The molecule has 0 saturated heterocycles. The lowest BCUT2D eigenvalue weighted by molar-refractivity contribution is 0.180. The van der Waals surface area contributed by atoms with Gasteiger partial charge in [-0.25, -0.2) is 14.5 Å². The smallest absolute Gasteiger partial charge is 0.414 e. The van der Waals surface area contributed by atoms with Crippen molar-refractivity contribution in [2.75, 3.05) is 19.1 Å². The quantitative estimate of drug-likeness (QED) is 0.729. The largest absolute Gasteiger partial charge is 0.452 e. The molecule has 6 nitrogen and oxygen atoms in total. The number of hydrogen-bond donors (Lipinski definition) is 0. The first kappa shape index (κ1) is 11.7. The van der Waals surface area contributed by atoms with E-state index < -0.39 is 6.09 Å². The maximum atomic E-state index is 11.4. The van der Waals surface area contributed by atoms with Gasteiger partial charge < -0.3 is 4.74 Å². The summed E-state index contributed by atoms with van der Waals surface area (Å²) in [5.41, 5.74) is 0.614. The van der Waals surface area contributed by atoms with E-state index in [-0.39, 0.29) is 0 Å². The lowest BCUT2D eigenvalue weighted by Crippen LogP contribution is -2.26. The highest BCUT2D eigenvalue weighted by atomic mass is 35.5. The van der Waals surface area contributed by atoms with Crippen LogP contribution in [-0.2, 0) is 11.8 Å². The molecule has 0 bridgehead atoms. The van der Waals surface area contributed by atoms with Crippen molar-refractivity contribution in [2.24, 2.45) is 7.05 Å². The Hall–Kier alpha value is -1.82. The van der Waals surface area contributed by atoms with Gasteiger partial charge in [-0.2, -0.15) is 5.10 Å². The van der Waals surface area contributed by atoms with E-state index in [0.29, 0.717) is 16.6 Å². The number of ether oxygens (including phenoxy) is 1. The van der Waals surface area contributed by atoms with Crippen molar-refractivity contribution in [3.05, 3.63) is 17.3 Å². The van der Waals surface area contributed by atoms with Crippen molar-refractivity contribution < 1.29 is 9.53 Å². The molecule has 0 spiro atoms. The average Bonchev–Trinajstić information content (AvgIpc) is 2.64. The molecule has 0 aliphatic heterocycles. The highest BCUT2D eigenvalue weighted by molar-refractivity contribution is 6.29. The van der Waals surface area contributed by atoms with Gasteiger partial charge in [-0.15, -0.1) is 0 Å². The summed E-state index contributed by atoms with van der Waals surface area (Å²) < 4.78 is 6.21. The van der Waals surface area contributed by atoms with E-state index in [9.17, 15) is 4.79 Å². The molecule has 0 atom stereocenters. The summed E-state index contributed by atoms with van der Waals surface area (Å²) in [4.78, 5) is 16.9. The molecule has 0 N–H and O–H groups in total. The second kappa shape index (κ2) is 4.21. The third kappa shape index (κ3) is 1.91. The highest BCUT2D eigenvalue weighted by Crippen LogP contribution is 2.25. The monoisotopic (exact) mass is 254 g/mol. The van der Waals surface area contributed by atoms with Crippen molar-refractivity contribution in [3.8, 4) is 0 Å². The zero-order valence-electron chi connectivity index (χ0n) is 9.64. The fraction of sp³-hybridized carbons (Fsp3) is 0.300. The van der Waals surface area contributed by atoms with Crippen LogP contribution in [0.3, 0.4) is 0 Å². The molecular formula is C10H11ClN4O2. The minimum absolute atomic E-state index is 0.382. The number of aryl methyl sites for hydroxylation is 1. The highest BCUT2D eigenvalue weighted by Gasteiger charge is 2.19. The van der Waals surface area contributed by atoms with E-state index in [2.05, 4.69) is 14.8 Å². The molecule has 2 aromatic heterocycles. The van der Waals surface area contributed by atoms with Crippen LogP contribution in [0.15, 0.2) is 12.1 Å². The second-order valence-electron chi connectivity index (χ2n) is 3.48. The van der Waals surface area contributed by atoms with Gasteiger partial charge in [-0.3, -0.25) is 4.90 Å². The fourth-order valence-corrected chi connectivity index (χ4v) is 1.70. The number of carbonyl (C=O) groups is 1. The van der Waals surface area contributed by atoms with Crippen LogP contribution in [0.4, 0.5) is 10.6 Å². The summed E-state index contributed by atoms with van der Waals surface area (Å²) in [7, 11) is 4.64. The van der Waals surface area contributed by atoms with Crippen molar-refractivity contribution in [1.82, 2.24) is 14.8 Å². The number of anilines is 1. The van der Waals surface area contributed by atoms with Gasteiger partial charge in [-0.1, -0.05) is 11.6 Å². The normalized spacial score (nSPS) is 10.6. The molecule has 90 valence electrons. The molecule has 2 rings (SSSR count). The minimum atomic E-state index is -0.486. The summed E-state index contributed by atoms with van der Waals surface area (Å²) in [6.07, 6.45) is -0.486. The van der Waals surface area contributed by atoms with E-state index in [1.54, 1.807) is 30.9 Å². The first-order chi connectivity index (χ1) is 8.04. The standard InChI is InChI=1S/C10H11ClN4O2/c1-14(10(16)17-3)9-6-4-5-7(11)12-8(6)15(2)13-9/h4-5H,1-3H3. The number of hydrogen-bond acceptors (Lipinski definition) is 4. The molecular weight excluding hydrogens is 244 g/mol. The van der Waals surface area contributed by atoms with Crippen LogP contribution in [0, 0.1) is 0 Å². The number of fused-ring (bicyclic) bond motifs is 1. The Kier molecular flexibility index (Phi) is 2.89. The topological polar surface area (TPSA) is 60.2 Å². The number of nitrogens with zero attached hydrogens (tertiary/aromatic N) is 4. The fourth-order valence-electron chi connectivity index (χ4n) is 1.56. The predicted molar refractivity (Wildman–Crippen MR) is 64.3 cm³/mol. The zero-order chi connectivity index (χ0) is 12.6. The molecule has 7 heteroatoms. The minimum Gasteiger partial charge on any atom is -0.452 e. The number of rotatable bonds is 1. The summed E-state index contributed by atoms with van der Waals surface area (Å²) in [6, 6.07) is 3.42. The summed E-state index contributed by atoms with van der Waals surface area (Å²) in [6.45, 7) is 0. The van der Waals surface area contributed by atoms with Crippen LogP contribution >= 0.6 is 11.6 Å². The Balaban J connectivity index is 2.59. The Morgan fingerprint density at radius 3 is 2.88 bits per heavy atom. The van der Waals surface area contributed by atoms with E-state index >= 15 is 0 Å². The summed E-state index contributed by atoms with van der Waals surface area (Å²) >= 11 is 5.81. The van der Waals surface area contributed by atoms with E-state index in [0.717, 1.165) is 5.39 Å². The van der Waals surface area contributed by atoms with Crippen molar-refractivity contribution >= 4 is 34.5 Å². The molecule has 17 heavy (non-hydrogen) atoms. The second-order valence-corrected chi connectivity index (χ2v) is 3.87. The number of pyridine rings is 1. The molecule has 0 aliphatic carbocycles. The number of aromatic nitrogens is 3. The van der Waals surface area contributed by atoms with E-state index in [4.69, 9.17) is 11.6 Å². The Labute approximate surface area is 103 Å². The molecule has 0 radical (unpaired) electrons. The van der Waals surface area contributed by atoms with Crippen LogP contribution in [0.2, 0.25) is 5.15 Å². The Morgan fingerprint density at radius 2 is 2.24 bits per heavy atom. The molecule has 0 saturated carbocycles. The average molecular weight is 255 g/mol. The Bertz CT molecular complexity index is 581. The first-order valence-corrected chi connectivity index (χ1v) is 5.23. The molecule has 0 fully saturated rings. The van der Waals surface area contributed by atoms with Gasteiger partial charge in [0, 0.05) is 14.1 Å². The third-order valence-corrected chi connectivity index (χ3v) is 2.61. The molecule has 0 aromatic carbocycles. The molecule has 0 aliphatic rings. The van der Waals surface area contributed by atoms with Crippen molar-refractivity contribution in [2.45, 2.75) is 0 Å². The maximum absolute atomic E-state index is 11.4. The molecule has 2 aromatic rings. The lowest BCUT2D eigenvalue weighted by atomic mass is 10.3. The maximum Gasteiger partial charge on any atom is 0.414 e. The number of methoxy groups -OCH3 is 1. The van der Waals surface area contributed by atoms with Crippen LogP contribution in [-0.4, -0.2) is 35.0 Å². The van der Waals surface area contributed by atoms with Crippen LogP contribution in [0.5, 0.6) is 0 Å². The van der Waals surface area contributed by atoms with E-state index in [1.807, 2.05) is 0 Å². The lowest BCUT2D eigenvalue weighted by Gasteiger charge is -2.12. The zero-order valence-corrected chi connectivity index (χ0v) is 10.4. The van der Waals surface area contributed by atoms with Gasteiger partial charge >= 0.3 is 6.09 Å². The summed E-state index contributed by atoms with van der Waals surface area (Å²) in [5.74, 6) is 0.485. The van der Waals surface area contributed by atoms with Gasteiger partial charge in [0.2, 0.25) is 0 Å². The predicted octanol–water partition coefficient (Wildman–Crippen LogP) is 1.82. The third-order valence-electron chi connectivity index (χ3n) is 2.40. The van der Waals surface area contributed by atoms with Crippen molar-refractivity contribution in [3.63, 3.8) is 0 Å². The number of amides is 1.